The third kappa shape index (κ3) is 5.47. The van der Waals surface area contributed by atoms with Gasteiger partial charge in [0.1, 0.15) is 0 Å². The van der Waals surface area contributed by atoms with E-state index in [-0.39, 0.29) is 31.2 Å². The van der Waals surface area contributed by atoms with Gasteiger partial charge in [-0.15, -0.1) is 0 Å². The number of benzene rings is 1. The lowest BCUT2D eigenvalue weighted by Gasteiger charge is -2.31. The number of esters is 2. The molecular formula is C23H30N2O8. The van der Waals surface area contributed by atoms with E-state index in [1.165, 1.54) is 7.11 Å². The molecule has 3 N–H and O–H groups in total. The Morgan fingerprint density at radius 2 is 1.91 bits per heavy atom. The van der Waals surface area contributed by atoms with Gasteiger partial charge in [0, 0.05) is 17.8 Å². The Labute approximate surface area is 192 Å². The van der Waals surface area contributed by atoms with E-state index < -0.39 is 17.9 Å². The van der Waals surface area contributed by atoms with Crippen molar-refractivity contribution in [2.45, 2.75) is 19.8 Å². The van der Waals surface area contributed by atoms with Gasteiger partial charge >= 0.3 is 11.9 Å². The maximum atomic E-state index is 13.2. The van der Waals surface area contributed by atoms with E-state index in [4.69, 9.17) is 34.2 Å². The third-order valence-corrected chi connectivity index (χ3v) is 5.16. The summed E-state index contributed by atoms with van der Waals surface area (Å²) in [5.41, 5.74) is 7.56. The number of allylic oxidation sites excluding steroid dienone is 1. The first-order chi connectivity index (χ1) is 16.0. The Hall–Kier alpha value is -3.08. The smallest absolute Gasteiger partial charge is 0.336 e. The van der Waals surface area contributed by atoms with Crippen molar-refractivity contribution in [1.29, 1.82) is 0 Å². The standard InChI is InChI=1S/C23H30N2O8/c1-4-31-23(27)20-16(12-30-11-10-29-9-8-24)25-14(2)18(22(26)28-3)19(20)15-6-5-7-17-21(15)33-13-32-17/h5-7,19,25H,4,8-13,24H2,1-3H3. The second-order valence-electron chi connectivity index (χ2n) is 7.24. The fraction of sp³-hybridized carbons (Fsp3) is 0.478. The molecule has 2 heterocycles. The average molecular weight is 462 g/mol. The molecule has 0 saturated carbocycles. The molecule has 0 bridgehead atoms. The Balaban J connectivity index is 2.04. The van der Waals surface area contributed by atoms with Crippen LogP contribution in [0.3, 0.4) is 0 Å². The zero-order valence-corrected chi connectivity index (χ0v) is 19.1. The number of hydrogen-bond acceptors (Lipinski definition) is 10. The number of nitrogens with one attached hydrogen (secondary N) is 1. The summed E-state index contributed by atoms with van der Waals surface area (Å²) in [7, 11) is 1.29. The first-order valence-corrected chi connectivity index (χ1v) is 10.7. The van der Waals surface area contributed by atoms with Crippen molar-refractivity contribution >= 4 is 11.9 Å². The summed E-state index contributed by atoms with van der Waals surface area (Å²) in [6.45, 7) is 5.28. The molecule has 33 heavy (non-hydrogen) atoms. The molecule has 2 aliphatic heterocycles. The molecule has 0 aliphatic carbocycles. The Kier molecular flexibility index (Phi) is 8.70. The van der Waals surface area contributed by atoms with Gasteiger partial charge in [0.15, 0.2) is 11.5 Å². The lowest BCUT2D eigenvalue weighted by molar-refractivity contribution is -0.139. The van der Waals surface area contributed by atoms with Crippen LogP contribution in [0.15, 0.2) is 40.7 Å². The van der Waals surface area contributed by atoms with Crippen molar-refractivity contribution in [3.8, 4) is 11.5 Å². The van der Waals surface area contributed by atoms with Crippen molar-refractivity contribution in [3.05, 3.63) is 46.3 Å². The van der Waals surface area contributed by atoms with E-state index in [9.17, 15) is 9.59 Å². The van der Waals surface area contributed by atoms with Crippen LogP contribution in [0, 0.1) is 0 Å². The zero-order chi connectivity index (χ0) is 23.8. The van der Waals surface area contributed by atoms with Gasteiger partial charge in [-0.1, -0.05) is 12.1 Å². The number of nitrogens with two attached hydrogens (primary N) is 1. The Morgan fingerprint density at radius 1 is 1.12 bits per heavy atom. The van der Waals surface area contributed by atoms with Crippen LogP contribution >= 0.6 is 0 Å². The van der Waals surface area contributed by atoms with Crippen molar-refractivity contribution in [2.24, 2.45) is 5.73 Å². The minimum absolute atomic E-state index is 0.0464. The Bertz CT molecular complexity index is 940. The number of carbonyl (C=O) groups excluding carboxylic acids is 2. The number of para-hydroxylation sites is 1. The summed E-state index contributed by atoms with van der Waals surface area (Å²) in [4.78, 5) is 26.0. The van der Waals surface area contributed by atoms with Crippen LogP contribution in [0.1, 0.15) is 25.3 Å². The highest BCUT2D eigenvalue weighted by atomic mass is 16.7. The molecule has 10 nitrogen and oxygen atoms in total. The normalized spacial score (nSPS) is 17.2. The maximum absolute atomic E-state index is 13.2. The van der Waals surface area contributed by atoms with Crippen LogP contribution < -0.4 is 20.5 Å². The molecule has 0 radical (unpaired) electrons. The highest BCUT2D eigenvalue weighted by Crippen LogP contribution is 2.47. The molecule has 180 valence electrons. The van der Waals surface area contributed by atoms with Crippen LogP contribution in [-0.2, 0) is 28.5 Å². The number of ether oxygens (including phenoxy) is 6. The van der Waals surface area contributed by atoms with Gasteiger partial charge < -0.3 is 39.5 Å². The lowest BCUT2D eigenvalue weighted by Crippen LogP contribution is -2.35. The largest absolute Gasteiger partial charge is 0.466 e. The number of rotatable bonds is 11. The molecule has 1 aromatic rings. The molecule has 0 saturated heterocycles. The number of methoxy groups -OCH3 is 1. The van der Waals surface area contributed by atoms with Crippen molar-refractivity contribution in [1.82, 2.24) is 5.32 Å². The molecule has 0 spiro atoms. The first-order valence-electron chi connectivity index (χ1n) is 10.7. The quantitative estimate of drug-likeness (QED) is 0.367. The number of carbonyl (C=O) groups is 2. The van der Waals surface area contributed by atoms with E-state index in [0.717, 1.165) is 0 Å². The van der Waals surface area contributed by atoms with E-state index in [1.54, 1.807) is 32.0 Å². The molecular weight excluding hydrogens is 432 g/mol. The van der Waals surface area contributed by atoms with Crippen LogP contribution in [0.2, 0.25) is 0 Å². The van der Waals surface area contributed by atoms with E-state index >= 15 is 0 Å². The summed E-state index contributed by atoms with van der Waals surface area (Å²) < 4.78 is 32.7. The number of hydrogen-bond donors (Lipinski definition) is 2. The molecule has 3 rings (SSSR count). The summed E-state index contributed by atoms with van der Waals surface area (Å²) in [5.74, 6) is -0.944. The van der Waals surface area contributed by atoms with Gasteiger partial charge in [-0.25, -0.2) is 9.59 Å². The van der Waals surface area contributed by atoms with Crippen molar-refractivity contribution in [3.63, 3.8) is 0 Å². The minimum atomic E-state index is -0.804. The molecule has 10 heteroatoms. The summed E-state index contributed by atoms with van der Waals surface area (Å²) in [6.07, 6.45) is 0. The van der Waals surface area contributed by atoms with Crippen LogP contribution in [0.4, 0.5) is 0 Å². The second kappa shape index (κ2) is 11.7. The number of dihydropyridines is 1. The molecule has 0 aromatic heterocycles. The van der Waals surface area contributed by atoms with Gasteiger partial charge in [0.2, 0.25) is 6.79 Å². The van der Waals surface area contributed by atoms with Crippen molar-refractivity contribution < 1.29 is 38.0 Å². The fourth-order valence-electron chi connectivity index (χ4n) is 3.81. The second-order valence-corrected chi connectivity index (χ2v) is 7.24. The molecule has 0 amide bonds. The maximum Gasteiger partial charge on any atom is 0.336 e. The third-order valence-electron chi connectivity index (χ3n) is 5.16. The highest BCUT2D eigenvalue weighted by molar-refractivity contribution is 6.00. The van der Waals surface area contributed by atoms with Crippen LogP contribution in [0.25, 0.3) is 0 Å². The van der Waals surface area contributed by atoms with E-state index in [2.05, 4.69) is 5.32 Å². The highest BCUT2D eigenvalue weighted by Gasteiger charge is 2.41. The van der Waals surface area contributed by atoms with E-state index in [1.807, 2.05) is 0 Å². The van der Waals surface area contributed by atoms with Crippen LogP contribution in [0.5, 0.6) is 11.5 Å². The van der Waals surface area contributed by atoms with Gasteiger partial charge in [0.25, 0.3) is 0 Å². The van der Waals surface area contributed by atoms with Gasteiger partial charge in [-0.3, -0.25) is 0 Å². The summed E-state index contributed by atoms with van der Waals surface area (Å²) >= 11 is 0. The molecule has 1 atom stereocenters. The van der Waals surface area contributed by atoms with Gasteiger partial charge in [-0.05, 0) is 19.9 Å². The monoisotopic (exact) mass is 462 g/mol. The molecule has 1 unspecified atom stereocenters. The molecule has 2 aliphatic rings. The fourth-order valence-corrected chi connectivity index (χ4v) is 3.81. The zero-order valence-electron chi connectivity index (χ0n) is 19.1. The average Bonchev–Trinajstić information content (AvgIpc) is 3.29. The Morgan fingerprint density at radius 3 is 2.64 bits per heavy atom. The predicted octanol–water partition coefficient (Wildman–Crippen LogP) is 1.36. The summed E-state index contributed by atoms with van der Waals surface area (Å²) in [6, 6.07) is 5.33. The number of fused-ring (bicyclic) bond motifs is 1. The molecule has 0 fully saturated rings. The van der Waals surface area contributed by atoms with E-state index in [0.29, 0.717) is 54.8 Å². The lowest BCUT2D eigenvalue weighted by atomic mass is 9.79. The van der Waals surface area contributed by atoms with Crippen molar-refractivity contribution in [2.75, 3.05) is 53.5 Å². The summed E-state index contributed by atoms with van der Waals surface area (Å²) in [5, 5.41) is 3.14. The topological polar surface area (TPSA) is 128 Å². The predicted molar refractivity (Wildman–Crippen MR) is 118 cm³/mol. The minimum Gasteiger partial charge on any atom is -0.466 e. The first kappa shape index (κ1) is 24.6. The van der Waals surface area contributed by atoms with Gasteiger partial charge in [0.05, 0.1) is 62.9 Å². The SMILES string of the molecule is CCOC(=O)C1=C(COCCOCCN)NC(C)=C(C(=O)OC)C1c1cccc2c1OCO2. The van der Waals surface area contributed by atoms with Gasteiger partial charge in [-0.2, -0.15) is 0 Å². The molecule has 1 aromatic carbocycles. The van der Waals surface area contributed by atoms with Crippen LogP contribution in [-0.4, -0.2) is 65.4 Å².